The number of rotatable bonds is 3. The van der Waals surface area contributed by atoms with Crippen molar-refractivity contribution in [2.45, 2.75) is 19.4 Å². The van der Waals surface area contributed by atoms with Crippen LogP contribution in [0.5, 0.6) is 0 Å². The first-order valence-corrected chi connectivity index (χ1v) is 6.82. The van der Waals surface area contributed by atoms with E-state index in [1.165, 1.54) is 16.9 Å². The molecule has 0 fully saturated rings. The second-order valence-corrected chi connectivity index (χ2v) is 6.27. The Bertz CT molecular complexity index is 505. The SMILES string of the molecule is Cc1ccc(CC(O)c2cc(Cl)sc2Cl)cc1. The van der Waals surface area contributed by atoms with Crippen LogP contribution in [0.25, 0.3) is 0 Å². The molecule has 0 aliphatic carbocycles. The number of thiophene rings is 1. The maximum absolute atomic E-state index is 10.1. The van der Waals surface area contributed by atoms with Crippen LogP contribution in [0.2, 0.25) is 8.67 Å². The molecule has 1 aromatic heterocycles. The molecule has 0 saturated heterocycles. The van der Waals surface area contributed by atoms with Crippen LogP contribution in [-0.2, 0) is 6.42 Å². The third kappa shape index (κ3) is 3.23. The van der Waals surface area contributed by atoms with Gasteiger partial charge in [-0.1, -0.05) is 53.0 Å². The number of aliphatic hydroxyl groups is 1. The van der Waals surface area contributed by atoms with Gasteiger partial charge in [-0.05, 0) is 18.6 Å². The number of hydrogen-bond donors (Lipinski definition) is 1. The summed E-state index contributed by atoms with van der Waals surface area (Å²) in [5, 5.41) is 10.1. The highest BCUT2D eigenvalue weighted by molar-refractivity contribution is 7.20. The maximum atomic E-state index is 10.1. The largest absolute Gasteiger partial charge is 0.388 e. The van der Waals surface area contributed by atoms with Crippen LogP contribution < -0.4 is 0 Å². The van der Waals surface area contributed by atoms with E-state index in [-0.39, 0.29) is 0 Å². The monoisotopic (exact) mass is 286 g/mol. The summed E-state index contributed by atoms with van der Waals surface area (Å²) in [4.78, 5) is 0. The van der Waals surface area contributed by atoms with E-state index in [9.17, 15) is 5.11 Å². The molecule has 0 bridgehead atoms. The Labute approximate surface area is 115 Å². The maximum Gasteiger partial charge on any atom is 0.100 e. The summed E-state index contributed by atoms with van der Waals surface area (Å²) in [5.74, 6) is 0. The van der Waals surface area contributed by atoms with Gasteiger partial charge in [0.15, 0.2) is 0 Å². The average Bonchev–Trinajstić information content (AvgIpc) is 2.61. The standard InChI is InChI=1S/C13H12Cl2OS/c1-8-2-4-9(5-3-8)6-11(16)10-7-12(14)17-13(10)15/h2-5,7,11,16H,6H2,1H3. The zero-order valence-corrected chi connectivity index (χ0v) is 11.6. The van der Waals surface area contributed by atoms with Gasteiger partial charge in [0.1, 0.15) is 4.34 Å². The van der Waals surface area contributed by atoms with Gasteiger partial charge in [-0.15, -0.1) is 11.3 Å². The van der Waals surface area contributed by atoms with Crippen molar-refractivity contribution >= 4 is 34.5 Å². The van der Waals surface area contributed by atoms with Gasteiger partial charge in [0.05, 0.1) is 10.4 Å². The highest BCUT2D eigenvalue weighted by Gasteiger charge is 2.15. The summed E-state index contributed by atoms with van der Waals surface area (Å²) >= 11 is 13.1. The van der Waals surface area contributed by atoms with Crippen molar-refractivity contribution in [3.63, 3.8) is 0 Å². The minimum absolute atomic E-state index is 0.549. The van der Waals surface area contributed by atoms with E-state index < -0.39 is 6.10 Å². The zero-order chi connectivity index (χ0) is 12.4. The fraction of sp³-hybridized carbons (Fsp3) is 0.231. The molecule has 0 aliphatic heterocycles. The van der Waals surface area contributed by atoms with E-state index >= 15 is 0 Å². The van der Waals surface area contributed by atoms with Crippen molar-refractivity contribution in [3.8, 4) is 0 Å². The summed E-state index contributed by atoms with van der Waals surface area (Å²) in [5.41, 5.74) is 3.00. The Morgan fingerprint density at radius 1 is 1.24 bits per heavy atom. The molecule has 0 spiro atoms. The molecule has 2 aromatic rings. The number of aryl methyl sites for hydroxylation is 1. The van der Waals surface area contributed by atoms with E-state index in [0.717, 1.165) is 5.56 Å². The molecule has 0 amide bonds. The summed E-state index contributed by atoms with van der Waals surface area (Å²) < 4.78 is 1.17. The van der Waals surface area contributed by atoms with Crippen LogP contribution in [0, 0.1) is 6.92 Å². The van der Waals surface area contributed by atoms with Crippen LogP contribution in [-0.4, -0.2) is 5.11 Å². The van der Waals surface area contributed by atoms with E-state index in [4.69, 9.17) is 23.2 Å². The number of hydrogen-bond acceptors (Lipinski definition) is 2. The Balaban J connectivity index is 2.14. The molecule has 90 valence electrons. The lowest BCUT2D eigenvalue weighted by Gasteiger charge is -2.09. The van der Waals surface area contributed by atoms with Crippen molar-refractivity contribution < 1.29 is 5.11 Å². The molecular formula is C13H12Cl2OS. The van der Waals surface area contributed by atoms with E-state index in [0.29, 0.717) is 20.7 Å². The first-order valence-electron chi connectivity index (χ1n) is 5.24. The van der Waals surface area contributed by atoms with E-state index in [1.54, 1.807) is 6.07 Å². The lowest BCUT2D eigenvalue weighted by atomic mass is 10.0. The van der Waals surface area contributed by atoms with Crippen LogP contribution in [0.4, 0.5) is 0 Å². The van der Waals surface area contributed by atoms with Gasteiger partial charge in [-0.25, -0.2) is 0 Å². The Hall–Kier alpha value is -0.540. The number of halogens is 2. The van der Waals surface area contributed by atoms with Crippen LogP contribution in [0.3, 0.4) is 0 Å². The van der Waals surface area contributed by atoms with E-state index in [2.05, 4.69) is 0 Å². The van der Waals surface area contributed by atoms with Gasteiger partial charge in [0.2, 0.25) is 0 Å². The van der Waals surface area contributed by atoms with Gasteiger partial charge in [-0.3, -0.25) is 0 Å². The average molecular weight is 287 g/mol. The van der Waals surface area contributed by atoms with Crippen molar-refractivity contribution in [1.82, 2.24) is 0 Å². The minimum atomic E-state index is -0.603. The molecule has 17 heavy (non-hydrogen) atoms. The van der Waals surface area contributed by atoms with Gasteiger partial charge in [-0.2, -0.15) is 0 Å². The fourth-order valence-corrected chi connectivity index (χ4v) is 3.20. The van der Waals surface area contributed by atoms with Crippen LogP contribution >= 0.6 is 34.5 Å². The first-order chi connectivity index (χ1) is 8.06. The second kappa shape index (κ2) is 5.40. The van der Waals surface area contributed by atoms with Crippen molar-refractivity contribution in [1.29, 1.82) is 0 Å². The molecule has 1 heterocycles. The lowest BCUT2D eigenvalue weighted by molar-refractivity contribution is 0.179. The molecule has 1 nitrogen and oxygen atoms in total. The molecule has 1 unspecified atom stereocenters. The summed E-state index contributed by atoms with van der Waals surface area (Å²) in [6.07, 6.45) is -0.0541. The Kier molecular flexibility index (Phi) is 4.10. The predicted molar refractivity (Wildman–Crippen MR) is 74.2 cm³/mol. The number of aliphatic hydroxyl groups excluding tert-OH is 1. The zero-order valence-electron chi connectivity index (χ0n) is 9.28. The van der Waals surface area contributed by atoms with Crippen molar-refractivity contribution in [3.05, 3.63) is 55.7 Å². The molecule has 0 radical (unpaired) electrons. The number of benzene rings is 1. The van der Waals surface area contributed by atoms with Crippen molar-refractivity contribution in [2.75, 3.05) is 0 Å². The predicted octanol–water partition coefficient (Wildman–Crippen LogP) is 4.64. The highest BCUT2D eigenvalue weighted by Crippen LogP contribution is 2.36. The Morgan fingerprint density at radius 2 is 1.88 bits per heavy atom. The van der Waals surface area contributed by atoms with Gasteiger partial charge >= 0.3 is 0 Å². The molecule has 1 atom stereocenters. The Morgan fingerprint density at radius 3 is 2.41 bits per heavy atom. The lowest BCUT2D eigenvalue weighted by Crippen LogP contribution is -2.00. The summed E-state index contributed by atoms with van der Waals surface area (Å²) in [6, 6.07) is 9.82. The second-order valence-electron chi connectivity index (χ2n) is 3.99. The third-order valence-electron chi connectivity index (χ3n) is 2.59. The van der Waals surface area contributed by atoms with E-state index in [1.807, 2.05) is 31.2 Å². The third-order valence-corrected chi connectivity index (χ3v) is 4.11. The van der Waals surface area contributed by atoms with Crippen LogP contribution in [0.1, 0.15) is 22.8 Å². The van der Waals surface area contributed by atoms with Crippen LogP contribution in [0.15, 0.2) is 30.3 Å². The minimum Gasteiger partial charge on any atom is -0.388 e. The fourth-order valence-electron chi connectivity index (χ4n) is 1.64. The molecule has 1 aromatic carbocycles. The summed E-state index contributed by atoms with van der Waals surface area (Å²) in [6.45, 7) is 2.04. The molecule has 0 saturated carbocycles. The molecule has 4 heteroatoms. The smallest absolute Gasteiger partial charge is 0.100 e. The normalized spacial score (nSPS) is 12.7. The quantitative estimate of drug-likeness (QED) is 0.872. The van der Waals surface area contributed by atoms with Crippen molar-refractivity contribution in [2.24, 2.45) is 0 Å². The molecular weight excluding hydrogens is 275 g/mol. The van der Waals surface area contributed by atoms with Gasteiger partial charge < -0.3 is 5.11 Å². The van der Waals surface area contributed by atoms with Gasteiger partial charge in [0, 0.05) is 12.0 Å². The highest BCUT2D eigenvalue weighted by atomic mass is 35.5. The topological polar surface area (TPSA) is 20.2 Å². The molecule has 1 N–H and O–H groups in total. The molecule has 2 rings (SSSR count). The summed E-state index contributed by atoms with van der Waals surface area (Å²) in [7, 11) is 0. The molecule has 0 aliphatic rings. The van der Waals surface area contributed by atoms with Gasteiger partial charge in [0.25, 0.3) is 0 Å². The first kappa shape index (κ1) is 12.9.